The zero-order chi connectivity index (χ0) is 12.1. The molecule has 0 aliphatic heterocycles. The van der Waals surface area contributed by atoms with Crippen LogP contribution in [0.1, 0.15) is 30.8 Å². The van der Waals surface area contributed by atoms with E-state index in [-0.39, 0.29) is 5.69 Å². The number of carboxylic acid groups (broad SMARTS) is 1. The molecule has 0 aromatic carbocycles. The zero-order valence-electron chi connectivity index (χ0n) is 9.53. The van der Waals surface area contributed by atoms with Gasteiger partial charge >= 0.3 is 5.97 Å². The molecule has 4 N–H and O–H groups in total. The lowest BCUT2D eigenvalue weighted by Gasteiger charge is -2.12. The van der Waals surface area contributed by atoms with E-state index in [1.54, 1.807) is 6.07 Å². The lowest BCUT2D eigenvalue weighted by Crippen LogP contribution is -2.14. The van der Waals surface area contributed by atoms with Gasteiger partial charge in [0.1, 0.15) is 5.82 Å². The monoisotopic (exact) mass is 223 g/mol. The van der Waals surface area contributed by atoms with E-state index in [1.807, 2.05) is 0 Å². The third kappa shape index (κ3) is 3.12. The van der Waals surface area contributed by atoms with Gasteiger partial charge in [0.2, 0.25) is 0 Å². The van der Waals surface area contributed by atoms with Gasteiger partial charge in [-0.3, -0.25) is 0 Å². The molecule has 1 rings (SSSR count). The molecule has 0 bridgehead atoms. The standard InChI is InChI=1S/C11H17N3O2/c1-3-7(2)6-13-10-8(12)4-5-9(14-10)11(15)16/h4-5,7H,3,6,12H2,1-2H3,(H,13,14)(H,15,16). The topological polar surface area (TPSA) is 88.2 Å². The molecule has 88 valence electrons. The van der Waals surface area contributed by atoms with Crippen molar-refractivity contribution in [1.29, 1.82) is 0 Å². The molecule has 5 nitrogen and oxygen atoms in total. The summed E-state index contributed by atoms with van der Waals surface area (Å²) in [7, 11) is 0. The molecule has 1 atom stereocenters. The fraction of sp³-hybridized carbons (Fsp3) is 0.455. The van der Waals surface area contributed by atoms with E-state index >= 15 is 0 Å². The first-order chi connectivity index (χ1) is 7.54. The maximum atomic E-state index is 10.7. The van der Waals surface area contributed by atoms with Crippen molar-refractivity contribution in [2.75, 3.05) is 17.6 Å². The minimum Gasteiger partial charge on any atom is -0.477 e. The minimum absolute atomic E-state index is 0.000788. The van der Waals surface area contributed by atoms with E-state index in [1.165, 1.54) is 6.07 Å². The van der Waals surface area contributed by atoms with Crippen LogP contribution in [0.15, 0.2) is 12.1 Å². The Morgan fingerprint density at radius 1 is 1.62 bits per heavy atom. The normalized spacial score (nSPS) is 12.1. The Balaban J connectivity index is 2.78. The Labute approximate surface area is 94.7 Å². The second kappa shape index (κ2) is 5.34. The molecule has 0 aliphatic carbocycles. The first-order valence-corrected chi connectivity index (χ1v) is 5.28. The molecular formula is C11H17N3O2. The lowest BCUT2D eigenvalue weighted by molar-refractivity contribution is 0.0690. The molecule has 0 saturated heterocycles. The molecule has 0 radical (unpaired) electrons. The number of nitrogens with two attached hydrogens (primary N) is 1. The molecule has 0 spiro atoms. The highest BCUT2D eigenvalue weighted by molar-refractivity contribution is 5.86. The van der Waals surface area contributed by atoms with Gasteiger partial charge in [-0.05, 0) is 18.1 Å². The lowest BCUT2D eigenvalue weighted by atomic mass is 10.1. The van der Waals surface area contributed by atoms with E-state index in [2.05, 4.69) is 24.1 Å². The highest BCUT2D eigenvalue weighted by Crippen LogP contribution is 2.16. The summed E-state index contributed by atoms with van der Waals surface area (Å²) in [5.74, 6) is -0.110. The van der Waals surface area contributed by atoms with Crippen LogP contribution < -0.4 is 11.1 Å². The summed E-state index contributed by atoms with van der Waals surface area (Å²) in [4.78, 5) is 14.7. The number of nitrogen functional groups attached to an aromatic ring is 1. The largest absolute Gasteiger partial charge is 0.477 e. The van der Waals surface area contributed by atoms with Crippen molar-refractivity contribution in [3.05, 3.63) is 17.8 Å². The van der Waals surface area contributed by atoms with Gasteiger partial charge in [0, 0.05) is 6.54 Å². The van der Waals surface area contributed by atoms with Gasteiger partial charge in [-0.2, -0.15) is 0 Å². The van der Waals surface area contributed by atoms with Gasteiger partial charge in [-0.15, -0.1) is 0 Å². The zero-order valence-corrected chi connectivity index (χ0v) is 9.53. The van der Waals surface area contributed by atoms with Crippen molar-refractivity contribution in [3.8, 4) is 0 Å². The molecule has 0 aliphatic rings. The summed E-state index contributed by atoms with van der Waals surface area (Å²) in [5.41, 5.74) is 6.17. The molecule has 5 heteroatoms. The highest BCUT2D eigenvalue weighted by Gasteiger charge is 2.08. The second-order valence-corrected chi connectivity index (χ2v) is 3.83. The van der Waals surface area contributed by atoms with Crippen molar-refractivity contribution >= 4 is 17.5 Å². The van der Waals surface area contributed by atoms with Crippen LogP contribution in [0, 0.1) is 5.92 Å². The first-order valence-electron chi connectivity index (χ1n) is 5.28. The summed E-state index contributed by atoms with van der Waals surface area (Å²) in [5, 5.41) is 11.9. The number of aromatic carboxylic acids is 1. The van der Waals surface area contributed by atoms with Crippen molar-refractivity contribution in [3.63, 3.8) is 0 Å². The van der Waals surface area contributed by atoms with Crippen LogP contribution in [0.3, 0.4) is 0 Å². The van der Waals surface area contributed by atoms with Crippen LogP contribution in [-0.2, 0) is 0 Å². The number of aromatic nitrogens is 1. The number of carbonyl (C=O) groups is 1. The number of rotatable bonds is 5. The van der Waals surface area contributed by atoms with E-state index in [4.69, 9.17) is 10.8 Å². The summed E-state index contributed by atoms with van der Waals surface area (Å²) < 4.78 is 0. The number of anilines is 2. The van der Waals surface area contributed by atoms with Gasteiger partial charge in [0.25, 0.3) is 0 Å². The van der Waals surface area contributed by atoms with Gasteiger partial charge in [-0.25, -0.2) is 9.78 Å². The summed E-state index contributed by atoms with van der Waals surface area (Å²) in [6, 6.07) is 2.95. The van der Waals surface area contributed by atoms with E-state index in [9.17, 15) is 4.79 Å². The average molecular weight is 223 g/mol. The van der Waals surface area contributed by atoms with Crippen LogP contribution in [0.5, 0.6) is 0 Å². The average Bonchev–Trinajstić information content (AvgIpc) is 2.27. The minimum atomic E-state index is -1.05. The Kier molecular flexibility index (Phi) is 4.10. The first kappa shape index (κ1) is 12.3. The number of hydrogen-bond donors (Lipinski definition) is 3. The molecule has 1 aromatic heterocycles. The molecule has 1 aromatic rings. The third-order valence-electron chi connectivity index (χ3n) is 2.46. The molecule has 0 saturated carbocycles. The molecular weight excluding hydrogens is 206 g/mol. The third-order valence-corrected chi connectivity index (χ3v) is 2.46. The van der Waals surface area contributed by atoms with Crippen LogP contribution in [0.25, 0.3) is 0 Å². The van der Waals surface area contributed by atoms with Crippen molar-refractivity contribution in [1.82, 2.24) is 4.98 Å². The molecule has 1 unspecified atom stereocenters. The predicted molar refractivity (Wildman–Crippen MR) is 63.6 cm³/mol. The number of pyridine rings is 1. The van der Waals surface area contributed by atoms with Crippen molar-refractivity contribution in [2.24, 2.45) is 5.92 Å². The summed E-state index contributed by atoms with van der Waals surface area (Å²) in [6.45, 7) is 4.93. The van der Waals surface area contributed by atoms with Gasteiger partial charge in [0.05, 0.1) is 5.69 Å². The SMILES string of the molecule is CCC(C)CNc1nc(C(=O)O)ccc1N. The van der Waals surface area contributed by atoms with Crippen LogP contribution in [0.4, 0.5) is 11.5 Å². The summed E-state index contributed by atoms with van der Waals surface area (Å²) >= 11 is 0. The highest BCUT2D eigenvalue weighted by atomic mass is 16.4. The number of carboxylic acids is 1. The van der Waals surface area contributed by atoms with Crippen molar-refractivity contribution in [2.45, 2.75) is 20.3 Å². The Bertz CT molecular complexity index is 379. The van der Waals surface area contributed by atoms with Gasteiger partial charge < -0.3 is 16.2 Å². The van der Waals surface area contributed by atoms with E-state index in [0.717, 1.165) is 13.0 Å². The fourth-order valence-corrected chi connectivity index (χ4v) is 1.15. The number of nitrogens with one attached hydrogen (secondary N) is 1. The smallest absolute Gasteiger partial charge is 0.354 e. The Morgan fingerprint density at radius 2 is 2.31 bits per heavy atom. The van der Waals surface area contributed by atoms with Crippen LogP contribution >= 0.6 is 0 Å². The second-order valence-electron chi connectivity index (χ2n) is 3.83. The maximum Gasteiger partial charge on any atom is 0.354 e. The Morgan fingerprint density at radius 3 is 2.88 bits per heavy atom. The van der Waals surface area contributed by atoms with Gasteiger partial charge in [0.15, 0.2) is 5.69 Å². The van der Waals surface area contributed by atoms with Gasteiger partial charge in [-0.1, -0.05) is 20.3 Å². The molecule has 0 amide bonds. The molecule has 16 heavy (non-hydrogen) atoms. The Hall–Kier alpha value is -1.78. The van der Waals surface area contributed by atoms with E-state index < -0.39 is 5.97 Å². The quantitative estimate of drug-likeness (QED) is 0.708. The van der Waals surface area contributed by atoms with Crippen molar-refractivity contribution < 1.29 is 9.90 Å². The molecule has 1 heterocycles. The molecule has 0 fully saturated rings. The fourth-order valence-electron chi connectivity index (χ4n) is 1.15. The number of hydrogen-bond acceptors (Lipinski definition) is 4. The summed E-state index contributed by atoms with van der Waals surface area (Å²) in [6.07, 6.45) is 1.05. The van der Waals surface area contributed by atoms with Crippen LogP contribution in [0.2, 0.25) is 0 Å². The predicted octanol–water partition coefficient (Wildman–Crippen LogP) is 1.82. The van der Waals surface area contributed by atoms with E-state index in [0.29, 0.717) is 17.4 Å². The van der Waals surface area contributed by atoms with Crippen LogP contribution in [-0.4, -0.2) is 22.6 Å². The maximum absolute atomic E-state index is 10.7. The number of nitrogens with zero attached hydrogens (tertiary/aromatic N) is 1.